The fourth-order valence-corrected chi connectivity index (χ4v) is 1.80. The van der Waals surface area contributed by atoms with E-state index in [1.165, 1.54) is 11.1 Å². The van der Waals surface area contributed by atoms with Gasteiger partial charge in [0.25, 0.3) is 0 Å². The van der Waals surface area contributed by atoms with Crippen LogP contribution in [0.4, 0.5) is 0 Å². The summed E-state index contributed by atoms with van der Waals surface area (Å²) >= 11 is 0. The van der Waals surface area contributed by atoms with Crippen LogP contribution in [-0.4, -0.2) is 13.2 Å². The minimum Gasteiger partial charge on any atom is -0.493 e. The first kappa shape index (κ1) is 8.42. The van der Waals surface area contributed by atoms with Gasteiger partial charge in [0.1, 0.15) is 6.10 Å². The van der Waals surface area contributed by atoms with Gasteiger partial charge in [-0.05, 0) is 25.5 Å². The molecule has 1 aromatic rings. The van der Waals surface area contributed by atoms with E-state index in [1.54, 1.807) is 7.11 Å². The molecule has 0 saturated heterocycles. The third-order valence-electron chi connectivity index (χ3n) is 2.32. The van der Waals surface area contributed by atoms with Crippen molar-refractivity contribution in [2.24, 2.45) is 0 Å². The third-order valence-corrected chi connectivity index (χ3v) is 2.32. The number of benzene rings is 1. The summed E-state index contributed by atoms with van der Waals surface area (Å²) in [6, 6.07) is 4.18. The first-order chi connectivity index (χ1) is 6.20. The number of hydrogen-bond acceptors (Lipinski definition) is 2. The summed E-state index contributed by atoms with van der Waals surface area (Å²) in [4.78, 5) is 0. The molecular weight excluding hydrogens is 164 g/mol. The SMILES string of the molecule is COc1cc(C)cc2c1OC(C)C2. The summed E-state index contributed by atoms with van der Waals surface area (Å²) < 4.78 is 10.9. The van der Waals surface area contributed by atoms with Crippen LogP contribution in [0.1, 0.15) is 18.1 Å². The lowest BCUT2D eigenvalue weighted by Gasteiger charge is -2.08. The molecule has 13 heavy (non-hydrogen) atoms. The molecule has 1 aliphatic rings. The van der Waals surface area contributed by atoms with E-state index in [-0.39, 0.29) is 6.10 Å². The number of aryl methyl sites for hydroxylation is 1. The van der Waals surface area contributed by atoms with Gasteiger partial charge >= 0.3 is 0 Å². The Kier molecular flexibility index (Phi) is 1.91. The van der Waals surface area contributed by atoms with Crippen LogP contribution in [0.3, 0.4) is 0 Å². The minimum atomic E-state index is 0.283. The van der Waals surface area contributed by atoms with Crippen molar-refractivity contribution in [2.75, 3.05) is 7.11 Å². The van der Waals surface area contributed by atoms with E-state index in [0.29, 0.717) is 0 Å². The molecule has 0 saturated carbocycles. The first-order valence-electron chi connectivity index (χ1n) is 4.55. The molecule has 70 valence electrons. The quantitative estimate of drug-likeness (QED) is 0.657. The maximum absolute atomic E-state index is 5.66. The van der Waals surface area contributed by atoms with Crippen LogP contribution in [0, 0.1) is 6.92 Å². The van der Waals surface area contributed by atoms with Crippen LogP contribution in [0.15, 0.2) is 12.1 Å². The van der Waals surface area contributed by atoms with Crippen LogP contribution >= 0.6 is 0 Å². The molecular formula is C11H14O2. The van der Waals surface area contributed by atoms with E-state index >= 15 is 0 Å². The number of ether oxygens (including phenoxy) is 2. The van der Waals surface area contributed by atoms with Gasteiger partial charge in [-0.1, -0.05) is 6.07 Å². The molecule has 1 atom stereocenters. The smallest absolute Gasteiger partial charge is 0.164 e. The molecule has 0 fully saturated rings. The van der Waals surface area contributed by atoms with Gasteiger partial charge < -0.3 is 9.47 Å². The highest BCUT2D eigenvalue weighted by molar-refractivity contribution is 5.51. The van der Waals surface area contributed by atoms with Crippen molar-refractivity contribution in [2.45, 2.75) is 26.4 Å². The summed E-state index contributed by atoms with van der Waals surface area (Å²) in [5.41, 5.74) is 2.50. The van der Waals surface area contributed by atoms with E-state index in [1.807, 2.05) is 6.07 Å². The van der Waals surface area contributed by atoms with Gasteiger partial charge in [0.05, 0.1) is 7.11 Å². The normalized spacial score (nSPS) is 19.5. The zero-order valence-corrected chi connectivity index (χ0v) is 8.26. The molecule has 0 aromatic heterocycles. The molecule has 1 heterocycles. The molecule has 1 aliphatic heterocycles. The number of fused-ring (bicyclic) bond motifs is 1. The molecule has 0 amide bonds. The lowest BCUT2D eigenvalue weighted by atomic mass is 10.1. The standard InChI is InChI=1S/C11H14O2/c1-7-4-9-6-8(2)13-11(9)10(5-7)12-3/h4-5,8H,6H2,1-3H3. The van der Waals surface area contributed by atoms with E-state index in [9.17, 15) is 0 Å². The van der Waals surface area contributed by atoms with Gasteiger partial charge in [-0.2, -0.15) is 0 Å². The molecule has 0 radical (unpaired) electrons. The second-order valence-corrected chi connectivity index (χ2v) is 3.59. The van der Waals surface area contributed by atoms with Gasteiger partial charge in [0, 0.05) is 12.0 Å². The summed E-state index contributed by atoms with van der Waals surface area (Å²) in [5.74, 6) is 1.79. The van der Waals surface area contributed by atoms with Crippen LogP contribution in [0.25, 0.3) is 0 Å². The zero-order valence-electron chi connectivity index (χ0n) is 8.26. The largest absolute Gasteiger partial charge is 0.493 e. The summed E-state index contributed by atoms with van der Waals surface area (Å²) in [6.45, 7) is 4.15. The van der Waals surface area contributed by atoms with Crippen LogP contribution in [0.2, 0.25) is 0 Å². The van der Waals surface area contributed by atoms with Gasteiger partial charge in [0.2, 0.25) is 0 Å². The van der Waals surface area contributed by atoms with Crippen LogP contribution < -0.4 is 9.47 Å². The Labute approximate surface area is 78.5 Å². The Morgan fingerprint density at radius 3 is 2.92 bits per heavy atom. The first-order valence-corrected chi connectivity index (χ1v) is 4.55. The van der Waals surface area contributed by atoms with Crippen molar-refractivity contribution in [1.29, 1.82) is 0 Å². The molecule has 0 N–H and O–H groups in total. The molecule has 1 aromatic carbocycles. The van der Waals surface area contributed by atoms with E-state index in [2.05, 4.69) is 19.9 Å². The highest BCUT2D eigenvalue weighted by Gasteiger charge is 2.22. The van der Waals surface area contributed by atoms with Crippen molar-refractivity contribution in [3.05, 3.63) is 23.3 Å². The highest BCUT2D eigenvalue weighted by Crippen LogP contribution is 2.38. The van der Waals surface area contributed by atoms with Gasteiger partial charge in [-0.3, -0.25) is 0 Å². The monoisotopic (exact) mass is 178 g/mol. The van der Waals surface area contributed by atoms with Crippen LogP contribution in [0.5, 0.6) is 11.5 Å². The minimum absolute atomic E-state index is 0.283. The molecule has 0 aliphatic carbocycles. The summed E-state index contributed by atoms with van der Waals surface area (Å²) in [5, 5.41) is 0. The Balaban J connectivity index is 2.50. The fourth-order valence-electron chi connectivity index (χ4n) is 1.80. The average molecular weight is 178 g/mol. The number of hydrogen-bond donors (Lipinski definition) is 0. The predicted octanol–water partition coefficient (Wildman–Crippen LogP) is 2.33. The number of methoxy groups -OCH3 is 1. The second-order valence-electron chi connectivity index (χ2n) is 3.59. The van der Waals surface area contributed by atoms with Gasteiger partial charge in [-0.25, -0.2) is 0 Å². The van der Waals surface area contributed by atoms with Gasteiger partial charge in [-0.15, -0.1) is 0 Å². The van der Waals surface area contributed by atoms with Crippen molar-refractivity contribution in [1.82, 2.24) is 0 Å². The average Bonchev–Trinajstić information content (AvgIpc) is 2.43. The lowest BCUT2D eigenvalue weighted by molar-refractivity contribution is 0.243. The maximum atomic E-state index is 5.66. The van der Waals surface area contributed by atoms with Crippen molar-refractivity contribution in [3.63, 3.8) is 0 Å². The topological polar surface area (TPSA) is 18.5 Å². The summed E-state index contributed by atoms with van der Waals surface area (Å²) in [6.07, 6.45) is 1.28. The number of rotatable bonds is 1. The fraction of sp³-hybridized carbons (Fsp3) is 0.455. The molecule has 1 unspecified atom stereocenters. The molecule has 2 heteroatoms. The Morgan fingerprint density at radius 1 is 1.46 bits per heavy atom. The Morgan fingerprint density at radius 2 is 2.23 bits per heavy atom. The molecule has 2 nitrogen and oxygen atoms in total. The maximum Gasteiger partial charge on any atom is 0.164 e. The van der Waals surface area contributed by atoms with Crippen molar-refractivity contribution < 1.29 is 9.47 Å². The predicted molar refractivity (Wildman–Crippen MR) is 51.5 cm³/mol. The lowest BCUT2D eigenvalue weighted by Crippen LogP contribution is -2.05. The Bertz CT molecular complexity index is 331. The highest BCUT2D eigenvalue weighted by atomic mass is 16.5. The third kappa shape index (κ3) is 1.37. The van der Waals surface area contributed by atoms with E-state index in [4.69, 9.17) is 9.47 Å². The molecule has 0 spiro atoms. The molecule has 0 bridgehead atoms. The molecule has 2 rings (SSSR count). The van der Waals surface area contributed by atoms with Gasteiger partial charge in [0.15, 0.2) is 11.5 Å². The van der Waals surface area contributed by atoms with Crippen molar-refractivity contribution >= 4 is 0 Å². The summed E-state index contributed by atoms with van der Waals surface area (Å²) in [7, 11) is 1.68. The van der Waals surface area contributed by atoms with E-state index < -0.39 is 0 Å². The van der Waals surface area contributed by atoms with Crippen LogP contribution in [-0.2, 0) is 6.42 Å². The van der Waals surface area contributed by atoms with Crippen molar-refractivity contribution in [3.8, 4) is 11.5 Å². The second kappa shape index (κ2) is 2.95. The van der Waals surface area contributed by atoms with E-state index in [0.717, 1.165) is 17.9 Å². The Hall–Kier alpha value is -1.18. The zero-order chi connectivity index (χ0) is 9.42.